The van der Waals surface area contributed by atoms with Gasteiger partial charge in [0.15, 0.2) is 0 Å². The van der Waals surface area contributed by atoms with Crippen LogP contribution in [0.1, 0.15) is 50.5 Å². The summed E-state index contributed by atoms with van der Waals surface area (Å²) < 4.78 is 0. The maximum absolute atomic E-state index is 12.8. The quantitative estimate of drug-likeness (QED) is 0.739. The number of benzene rings is 1. The molecule has 2 aliphatic rings. The second-order valence-corrected chi connectivity index (χ2v) is 7.43. The third-order valence-electron chi connectivity index (χ3n) is 5.48. The highest BCUT2D eigenvalue weighted by Crippen LogP contribution is 2.28. The number of nitrogens with zero attached hydrogens (tertiary/aromatic N) is 1. The number of nitrogens with one attached hydrogen (secondary N) is 2. The Morgan fingerprint density at radius 2 is 1.70 bits per heavy atom. The van der Waals surface area contributed by atoms with Gasteiger partial charge in [-0.2, -0.15) is 0 Å². The molecule has 2 fully saturated rings. The molecule has 0 radical (unpaired) electrons. The molecule has 27 heavy (non-hydrogen) atoms. The molecule has 4 amide bonds. The number of nitrogens with two attached hydrogens (primary N) is 1. The van der Waals surface area contributed by atoms with E-state index < -0.39 is 6.03 Å². The summed E-state index contributed by atoms with van der Waals surface area (Å²) in [6.07, 6.45) is 6.95. The molecule has 1 unspecified atom stereocenters. The Balaban J connectivity index is 1.53. The first-order chi connectivity index (χ1) is 13.0. The molecular formula is C20H28N4O3. The molecule has 1 aromatic carbocycles. The van der Waals surface area contributed by atoms with E-state index in [0.717, 1.165) is 44.1 Å². The summed E-state index contributed by atoms with van der Waals surface area (Å²) in [5.41, 5.74) is 6.61. The van der Waals surface area contributed by atoms with Crippen LogP contribution in [0.5, 0.6) is 0 Å². The van der Waals surface area contributed by atoms with E-state index in [1.807, 2.05) is 12.1 Å². The largest absolute Gasteiger partial charge is 0.351 e. The molecule has 0 aromatic heterocycles. The standard InChI is InChI=1S/C20H28N4O3/c21-20(27)23-16-10-8-14(9-11-16)13-22-18(25)17-7-4-12-24(17)19(26)15-5-2-1-3-6-15/h8-11,15,17H,1-7,12-13H2,(H,22,25)(H3,21,23,27). The minimum Gasteiger partial charge on any atom is -0.351 e. The van der Waals surface area contributed by atoms with Crippen LogP contribution >= 0.6 is 0 Å². The van der Waals surface area contributed by atoms with Crippen LogP contribution in [0.4, 0.5) is 10.5 Å². The number of carbonyl (C=O) groups is 3. The lowest BCUT2D eigenvalue weighted by Crippen LogP contribution is -2.47. The van der Waals surface area contributed by atoms with Crippen LogP contribution in [0.25, 0.3) is 0 Å². The second-order valence-electron chi connectivity index (χ2n) is 7.43. The van der Waals surface area contributed by atoms with Crippen molar-refractivity contribution in [1.82, 2.24) is 10.2 Å². The average Bonchev–Trinajstić information content (AvgIpc) is 3.17. The molecule has 1 aromatic rings. The highest BCUT2D eigenvalue weighted by atomic mass is 16.2. The molecule has 3 rings (SSSR count). The summed E-state index contributed by atoms with van der Waals surface area (Å²) in [6.45, 7) is 1.07. The number of likely N-dealkylation sites (tertiary alicyclic amines) is 1. The van der Waals surface area contributed by atoms with Crippen molar-refractivity contribution >= 4 is 23.5 Å². The first kappa shape index (κ1) is 19.2. The van der Waals surface area contributed by atoms with Gasteiger partial charge in [-0.15, -0.1) is 0 Å². The Labute approximate surface area is 159 Å². The van der Waals surface area contributed by atoms with Gasteiger partial charge in [0, 0.05) is 24.7 Å². The smallest absolute Gasteiger partial charge is 0.316 e. The number of hydrogen-bond acceptors (Lipinski definition) is 3. The summed E-state index contributed by atoms with van der Waals surface area (Å²) >= 11 is 0. The fourth-order valence-corrected chi connectivity index (χ4v) is 4.04. The van der Waals surface area contributed by atoms with Gasteiger partial charge in [0.2, 0.25) is 11.8 Å². The van der Waals surface area contributed by atoms with Gasteiger partial charge in [0.25, 0.3) is 0 Å². The lowest BCUT2D eigenvalue weighted by atomic mass is 9.88. The van der Waals surface area contributed by atoms with Gasteiger partial charge in [-0.25, -0.2) is 4.79 Å². The van der Waals surface area contributed by atoms with Crippen LogP contribution in [-0.4, -0.2) is 35.3 Å². The van der Waals surface area contributed by atoms with Crippen molar-refractivity contribution < 1.29 is 14.4 Å². The lowest BCUT2D eigenvalue weighted by molar-refractivity contribution is -0.142. The van der Waals surface area contributed by atoms with Crippen molar-refractivity contribution in [3.8, 4) is 0 Å². The first-order valence-corrected chi connectivity index (χ1v) is 9.78. The lowest BCUT2D eigenvalue weighted by Gasteiger charge is -2.30. The molecule has 7 heteroatoms. The predicted molar refractivity (Wildman–Crippen MR) is 103 cm³/mol. The molecule has 1 saturated carbocycles. The van der Waals surface area contributed by atoms with E-state index in [4.69, 9.17) is 5.73 Å². The van der Waals surface area contributed by atoms with Crippen LogP contribution in [-0.2, 0) is 16.1 Å². The number of hydrogen-bond donors (Lipinski definition) is 3. The number of amides is 4. The van der Waals surface area contributed by atoms with Gasteiger partial charge in [-0.1, -0.05) is 31.4 Å². The topological polar surface area (TPSA) is 105 Å². The highest BCUT2D eigenvalue weighted by Gasteiger charge is 2.37. The van der Waals surface area contributed by atoms with Crippen LogP contribution in [0.3, 0.4) is 0 Å². The molecule has 1 aliphatic heterocycles. The molecule has 0 spiro atoms. The molecule has 1 atom stereocenters. The second kappa shape index (κ2) is 8.88. The maximum atomic E-state index is 12.8. The van der Waals surface area contributed by atoms with E-state index in [0.29, 0.717) is 18.8 Å². The van der Waals surface area contributed by atoms with E-state index in [-0.39, 0.29) is 23.8 Å². The van der Waals surface area contributed by atoms with Crippen molar-refractivity contribution in [3.63, 3.8) is 0 Å². The van der Waals surface area contributed by atoms with Gasteiger partial charge >= 0.3 is 6.03 Å². The molecule has 1 aliphatic carbocycles. The van der Waals surface area contributed by atoms with E-state index >= 15 is 0 Å². The monoisotopic (exact) mass is 372 g/mol. The number of anilines is 1. The number of carbonyl (C=O) groups excluding carboxylic acids is 3. The van der Waals surface area contributed by atoms with Crippen LogP contribution in [0.15, 0.2) is 24.3 Å². The van der Waals surface area contributed by atoms with Crippen LogP contribution in [0.2, 0.25) is 0 Å². The summed E-state index contributed by atoms with van der Waals surface area (Å²) in [4.78, 5) is 38.1. The summed E-state index contributed by atoms with van der Waals surface area (Å²) in [5.74, 6) is 0.169. The summed E-state index contributed by atoms with van der Waals surface area (Å²) in [5, 5.41) is 5.44. The normalized spacial score (nSPS) is 20.3. The molecular weight excluding hydrogens is 344 g/mol. The molecule has 7 nitrogen and oxygen atoms in total. The van der Waals surface area contributed by atoms with Gasteiger partial charge < -0.3 is 21.3 Å². The van der Waals surface area contributed by atoms with E-state index in [1.165, 1.54) is 6.42 Å². The van der Waals surface area contributed by atoms with Gasteiger partial charge in [-0.05, 0) is 43.4 Å². The van der Waals surface area contributed by atoms with Crippen molar-refractivity contribution in [2.24, 2.45) is 11.7 Å². The third kappa shape index (κ3) is 4.99. The first-order valence-electron chi connectivity index (χ1n) is 9.78. The SMILES string of the molecule is NC(=O)Nc1ccc(CNC(=O)C2CCCN2C(=O)C2CCCCC2)cc1. The van der Waals surface area contributed by atoms with Crippen LogP contribution in [0, 0.1) is 5.92 Å². The Morgan fingerprint density at radius 3 is 2.37 bits per heavy atom. The zero-order valence-corrected chi connectivity index (χ0v) is 15.6. The summed E-state index contributed by atoms with van der Waals surface area (Å²) in [7, 11) is 0. The molecule has 146 valence electrons. The van der Waals surface area contributed by atoms with Crippen molar-refractivity contribution in [2.45, 2.75) is 57.5 Å². The van der Waals surface area contributed by atoms with Crippen molar-refractivity contribution in [2.75, 3.05) is 11.9 Å². The fourth-order valence-electron chi connectivity index (χ4n) is 4.04. The van der Waals surface area contributed by atoms with Crippen molar-refractivity contribution in [3.05, 3.63) is 29.8 Å². The Hall–Kier alpha value is -2.57. The highest BCUT2D eigenvalue weighted by molar-refractivity contribution is 5.89. The van der Waals surface area contributed by atoms with Gasteiger partial charge in [0.05, 0.1) is 0 Å². The zero-order chi connectivity index (χ0) is 19.2. The Morgan fingerprint density at radius 1 is 1.00 bits per heavy atom. The number of rotatable bonds is 5. The molecule has 4 N–H and O–H groups in total. The molecule has 1 heterocycles. The van der Waals surface area contributed by atoms with Gasteiger partial charge in [0.1, 0.15) is 6.04 Å². The molecule has 0 bridgehead atoms. The number of primary amides is 1. The predicted octanol–water partition coefficient (Wildman–Crippen LogP) is 2.36. The zero-order valence-electron chi connectivity index (χ0n) is 15.6. The molecule has 1 saturated heterocycles. The minimum absolute atomic E-state index is 0.0870. The number of urea groups is 1. The van der Waals surface area contributed by atoms with E-state index in [9.17, 15) is 14.4 Å². The minimum atomic E-state index is -0.611. The Kier molecular flexibility index (Phi) is 6.32. The fraction of sp³-hybridized carbons (Fsp3) is 0.550. The van der Waals surface area contributed by atoms with Crippen LogP contribution < -0.4 is 16.4 Å². The third-order valence-corrected chi connectivity index (χ3v) is 5.48. The van der Waals surface area contributed by atoms with Gasteiger partial charge in [-0.3, -0.25) is 9.59 Å². The van der Waals surface area contributed by atoms with E-state index in [1.54, 1.807) is 17.0 Å². The summed E-state index contributed by atoms with van der Waals surface area (Å²) in [6, 6.07) is 6.16. The Bertz CT molecular complexity index is 683. The average molecular weight is 372 g/mol. The van der Waals surface area contributed by atoms with E-state index in [2.05, 4.69) is 10.6 Å². The maximum Gasteiger partial charge on any atom is 0.316 e. The van der Waals surface area contributed by atoms with Crippen molar-refractivity contribution in [1.29, 1.82) is 0 Å².